The van der Waals surface area contributed by atoms with Crippen LogP contribution in [0, 0.1) is 0 Å². The molecule has 15 heavy (non-hydrogen) atoms. The second kappa shape index (κ2) is 9.89. The minimum atomic E-state index is -0.127. The van der Waals surface area contributed by atoms with Gasteiger partial charge in [0.1, 0.15) is 6.61 Å². The smallest absolute Gasteiger partial charge is 0.246 e. The molecule has 0 rings (SSSR count). The summed E-state index contributed by atoms with van der Waals surface area (Å²) >= 11 is 0. The summed E-state index contributed by atoms with van der Waals surface area (Å²) in [5.74, 6) is -0.127. The zero-order valence-corrected chi connectivity index (χ0v) is 9.62. The molecule has 1 atom stereocenters. The summed E-state index contributed by atoms with van der Waals surface area (Å²) in [6.07, 6.45) is 1.95. The van der Waals surface area contributed by atoms with Crippen molar-refractivity contribution < 1.29 is 14.3 Å². The lowest BCUT2D eigenvalue weighted by Gasteiger charge is -2.11. The number of carbonyl (C=O) groups is 1. The number of methoxy groups -OCH3 is 1. The Labute approximate surface area is 91.3 Å². The summed E-state index contributed by atoms with van der Waals surface area (Å²) in [6.45, 7) is 3.59. The van der Waals surface area contributed by atoms with Gasteiger partial charge in [0.05, 0.1) is 13.2 Å². The molecule has 90 valence electrons. The Bertz CT molecular complexity index is 165. The number of amides is 1. The maximum Gasteiger partial charge on any atom is 0.246 e. The zero-order chi connectivity index (χ0) is 11.5. The molecule has 0 saturated heterocycles. The normalized spacial score (nSPS) is 12.5. The van der Waals surface area contributed by atoms with Crippen LogP contribution in [-0.2, 0) is 14.3 Å². The van der Waals surface area contributed by atoms with Crippen LogP contribution >= 0.6 is 0 Å². The Balaban J connectivity index is 3.32. The van der Waals surface area contributed by atoms with E-state index in [2.05, 4.69) is 12.2 Å². The van der Waals surface area contributed by atoms with E-state index in [4.69, 9.17) is 15.2 Å². The van der Waals surface area contributed by atoms with E-state index in [0.29, 0.717) is 19.8 Å². The molecule has 3 N–H and O–H groups in total. The molecule has 1 amide bonds. The minimum absolute atomic E-state index is 0.0397. The van der Waals surface area contributed by atoms with Crippen LogP contribution in [0.25, 0.3) is 0 Å². The molecule has 0 aromatic heterocycles. The van der Waals surface area contributed by atoms with Gasteiger partial charge in [-0.05, 0) is 6.42 Å². The van der Waals surface area contributed by atoms with E-state index in [0.717, 1.165) is 12.8 Å². The molecular formula is C10H22N2O3. The van der Waals surface area contributed by atoms with Gasteiger partial charge in [0.15, 0.2) is 0 Å². The van der Waals surface area contributed by atoms with E-state index >= 15 is 0 Å². The highest BCUT2D eigenvalue weighted by Gasteiger charge is 2.04. The van der Waals surface area contributed by atoms with Gasteiger partial charge < -0.3 is 20.5 Å². The van der Waals surface area contributed by atoms with Gasteiger partial charge in [-0.15, -0.1) is 0 Å². The van der Waals surface area contributed by atoms with Crippen molar-refractivity contribution in [1.29, 1.82) is 0 Å². The maximum atomic E-state index is 11.2. The molecule has 0 radical (unpaired) electrons. The van der Waals surface area contributed by atoms with E-state index in [9.17, 15) is 4.79 Å². The van der Waals surface area contributed by atoms with Crippen molar-refractivity contribution in [2.75, 3.05) is 33.5 Å². The number of nitrogens with two attached hydrogens (primary N) is 1. The van der Waals surface area contributed by atoms with Crippen molar-refractivity contribution in [3.05, 3.63) is 0 Å². The summed E-state index contributed by atoms with van der Waals surface area (Å²) in [7, 11) is 1.59. The first kappa shape index (κ1) is 14.3. The summed E-state index contributed by atoms with van der Waals surface area (Å²) in [6, 6.07) is 0.0397. The highest BCUT2D eigenvalue weighted by Crippen LogP contribution is 1.90. The zero-order valence-electron chi connectivity index (χ0n) is 9.62. The van der Waals surface area contributed by atoms with Gasteiger partial charge in [0.2, 0.25) is 5.91 Å². The van der Waals surface area contributed by atoms with E-state index in [1.807, 2.05) is 0 Å². The molecule has 5 nitrogen and oxygen atoms in total. The van der Waals surface area contributed by atoms with Gasteiger partial charge in [0, 0.05) is 19.7 Å². The van der Waals surface area contributed by atoms with Crippen LogP contribution in [-0.4, -0.2) is 45.4 Å². The number of rotatable bonds is 9. The fraction of sp³-hybridized carbons (Fsp3) is 0.900. The molecule has 0 fully saturated rings. The lowest BCUT2D eigenvalue weighted by molar-refractivity contribution is -0.126. The van der Waals surface area contributed by atoms with Crippen LogP contribution in [0.5, 0.6) is 0 Å². The van der Waals surface area contributed by atoms with Crippen molar-refractivity contribution in [3.8, 4) is 0 Å². The number of nitrogens with one attached hydrogen (secondary N) is 1. The SMILES string of the molecule is CCCC(N)CNC(=O)COCCOC. The third-order valence-electron chi connectivity index (χ3n) is 1.89. The van der Waals surface area contributed by atoms with Crippen LogP contribution in [0.3, 0.4) is 0 Å². The monoisotopic (exact) mass is 218 g/mol. The molecule has 0 aromatic carbocycles. The summed E-state index contributed by atoms with van der Waals surface area (Å²) in [4.78, 5) is 11.2. The second-order valence-corrected chi connectivity index (χ2v) is 3.40. The van der Waals surface area contributed by atoms with E-state index < -0.39 is 0 Å². The van der Waals surface area contributed by atoms with Crippen LogP contribution < -0.4 is 11.1 Å². The Kier molecular flexibility index (Phi) is 9.46. The fourth-order valence-corrected chi connectivity index (χ4v) is 1.08. The first-order valence-corrected chi connectivity index (χ1v) is 5.29. The van der Waals surface area contributed by atoms with Crippen molar-refractivity contribution in [2.24, 2.45) is 5.73 Å². The van der Waals surface area contributed by atoms with Crippen molar-refractivity contribution in [2.45, 2.75) is 25.8 Å². The predicted octanol–water partition coefficient (Wildman–Crippen LogP) is -0.107. The third kappa shape index (κ3) is 9.65. The Hall–Kier alpha value is -0.650. The predicted molar refractivity (Wildman–Crippen MR) is 58.6 cm³/mol. The molecule has 0 aromatic rings. The number of hydrogen-bond donors (Lipinski definition) is 2. The molecule has 1 unspecified atom stereocenters. The highest BCUT2D eigenvalue weighted by atomic mass is 16.5. The maximum absolute atomic E-state index is 11.2. The van der Waals surface area contributed by atoms with Crippen LogP contribution in [0.4, 0.5) is 0 Å². The Morgan fingerprint density at radius 1 is 1.47 bits per heavy atom. The van der Waals surface area contributed by atoms with Gasteiger partial charge >= 0.3 is 0 Å². The molecule has 0 aliphatic rings. The molecule has 0 heterocycles. The van der Waals surface area contributed by atoms with Crippen LogP contribution in [0.2, 0.25) is 0 Å². The molecule has 0 bridgehead atoms. The second-order valence-electron chi connectivity index (χ2n) is 3.40. The average Bonchev–Trinajstić information content (AvgIpc) is 2.22. The lowest BCUT2D eigenvalue weighted by atomic mass is 10.2. The van der Waals surface area contributed by atoms with E-state index in [1.54, 1.807) is 7.11 Å². The topological polar surface area (TPSA) is 73.6 Å². The third-order valence-corrected chi connectivity index (χ3v) is 1.89. The standard InChI is InChI=1S/C10H22N2O3/c1-3-4-9(11)7-12-10(13)8-15-6-5-14-2/h9H,3-8,11H2,1-2H3,(H,12,13). The summed E-state index contributed by atoms with van der Waals surface area (Å²) in [5, 5.41) is 2.71. The molecular weight excluding hydrogens is 196 g/mol. The number of ether oxygens (including phenoxy) is 2. The Morgan fingerprint density at radius 3 is 2.80 bits per heavy atom. The molecule has 0 aliphatic heterocycles. The van der Waals surface area contributed by atoms with Gasteiger partial charge in [0.25, 0.3) is 0 Å². The first-order valence-electron chi connectivity index (χ1n) is 5.29. The number of hydrogen-bond acceptors (Lipinski definition) is 4. The van der Waals surface area contributed by atoms with E-state index in [1.165, 1.54) is 0 Å². The Morgan fingerprint density at radius 2 is 2.20 bits per heavy atom. The van der Waals surface area contributed by atoms with Crippen LogP contribution in [0.1, 0.15) is 19.8 Å². The summed E-state index contributed by atoms with van der Waals surface area (Å²) < 4.78 is 9.83. The highest BCUT2D eigenvalue weighted by molar-refractivity contribution is 5.77. The first-order chi connectivity index (χ1) is 7.20. The van der Waals surface area contributed by atoms with Gasteiger partial charge in [-0.3, -0.25) is 4.79 Å². The van der Waals surface area contributed by atoms with Crippen molar-refractivity contribution in [1.82, 2.24) is 5.32 Å². The van der Waals surface area contributed by atoms with Crippen molar-refractivity contribution in [3.63, 3.8) is 0 Å². The van der Waals surface area contributed by atoms with E-state index in [-0.39, 0.29) is 18.6 Å². The molecule has 5 heteroatoms. The van der Waals surface area contributed by atoms with Crippen LogP contribution in [0.15, 0.2) is 0 Å². The van der Waals surface area contributed by atoms with Gasteiger partial charge in [-0.2, -0.15) is 0 Å². The van der Waals surface area contributed by atoms with Gasteiger partial charge in [-0.1, -0.05) is 13.3 Å². The minimum Gasteiger partial charge on any atom is -0.382 e. The molecule has 0 spiro atoms. The summed E-state index contributed by atoms with van der Waals surface area (Å²) in [5.41, 5.74) is 5.73. The average molecular weight is 218 g/mol. The van der Waals surface area contributed by atoms with Crippen molar-refractivity contribution >= 4 is 5.91 Å². The lowest BCUT2D eigenvalue weighted by Crippen LogP contribution is -2.38. The number of carbonyl (C=O) groups excluding carboxylic acids is 1. The van der Waals surface area contributed by atoms with Gasteiger partial charge in [-0.25, -0.2) is 0 Å². The fourth-order valence-electron chi connectivity index (χ4n) is 1.08. The molecule has 0 aliphatic carbocycles. The molecule has 0 saturated carbocycles. The quantitative estimate of drug-likeness (QED) is 0.530. The largest absolute Gasteiger partial charge is 0.382 e.